The average molecular weight is 501 g/mol. The Balaban J connectivity index is 1.73. The lowest BCUT2D eigenvalue weighted by molar-refractivity contribution is -0.140. The van der Waals surface area contributed by atoms with E-state index in [-0.39, 0.29) is 36.8 Å². The highest BCUT2D eigenvalue weighted by molar-refractivity contribution is 5.91. The van der Waals surface area contributed by atoms with Crippen LogP contribution in [0.2, 0.25) is 0 Å². The van der Waals surface area contributed by atoms with Crippen LogP contribution in [-0.4, -0.2) is 96.0 Å². The molecule has 8 heteroatoms. The first kappa shape index (κ1) is 28.1. The van der Waals surface area contributed by atoms with E-state index in [9.17, 15) is 19.5 Å². The van der Waals surface area contributed by atoms with Gasteiger partial charge in [0.05, 0.1) is 12.6 Å². The molecule has 200 valence electrons. The van der Waals surface area contributed by atoms with Gasteiger partial charge in [-0.05, 0) is 31.9 Å². The Morgan fingerprint density at radius 1 is 1.06 bits per heavy atom. The maximum Gasteiger partial charge on any atom is 0.245 e. The molecule has 0 saturated carbocycles. The topological polar surface area (TPSA) is 93.2 Å². The molecule has 3 unspecified atom stereocenters. The van der Waals surface area contributed by atoms with E-state index >= 15 is 0 Å². The highest BCUT2D eigenvalue weighted by Crippen LogP contribution is 2.21. The van der Waals surface area contributed by atoms with Crippen LogP contribution in [0.4, 0.5) is 0 Å². The fraction of sp³-hybridized carbons (Fsp3) is 0.679. The van der Waals surface area contributed by atoms with Gasteiger partial charge in [0, 0.05) is 51.5 Å². The number of likely N-dealkylation sites (tertiary alicyclic amines) is 1. The van der Waals surface area contributed by atoms with Crippen molar-refractivity contribution in [2.24, 2.45) is 5.92 Å². The molecule has 2 saturated heterocycles. The van der Waals surface area contributed by atoms with Gasteiger partial charge in [-0.15, -0.1) is 0 Å². The van der Waals surface area contributed by atoms with Gasteiger partial charge in [0.25, 0.3) is 0 Å². The van der Waals surface area contributed by atoms with Crippen LogP contribution >= 0.6 is 0 Å². The molecule has 2 aliphatic rings. The highest BCUT2D eigenvalue weighted by atomic mass is 16.3. The summed E-state index contributed by atoms with van der Waals surface area (Å²) in [5.74, 6) is -0.809. The van der Waals surface area contributed by atoms with Crippen LogP contribution < -0.4 is 5.32 Å². The van der Waals surface area contributed by atoms with Gasteiger partial charge in [-0.1, -0.05) is 56.5 Å². The maximum atomic E-state index is 13.6. The predicted octanol–water partition coefficient (Wildman–Crippen LogP) is 2.06. The largest absolute Gasteiger partial charge is 0.394 e. The summed E-state index contributed by atoms with van der Waals surface area (Å²) in [6.45, 7) is 5.69. The summed E-state index contributed by atoms with van der Waals surface area (Å²) in [4.78, 5) is 46.0. The summed E-state index contributed by atoms with van der Waals surface area (Å²) in [6, 6.07) is 8.76. The van der Waals surface area contributed by atoms with E-state index in [1.165, 1.54) is 0 Å². The quantitative estimate of drug-likeness (QED) is 0.429. The van der Waals surface area contributed by atoms with Gasteiger partial charge in [-0.2, -0.15) is 0 Å². The number of carbonyl (C=O) groups excluding carboxylic acids is 3. The second-order valence-electron chi connectivity index (χ2n) is 10.3. The molecular weight excluding hydrogens is 456 g/mol. The zero-order valence-corrected chi connectivity index (χ0v) is 22.0. The fourth-order valence-electron chi connectivity index (χ4n) is 5.22. The number of amides is 3. The summed E-state index contributed by atoms with van der Waals surface area (Å²) in [5, 5.41) is 12.8. The summed E-state index contributed by atoms with van der Waals surface area (Å²) in [5.41, 5.74) is 0.965. The third-order valence-corrected chi connectivity index (χ3v) is 7.57. The molecule has 36 heavy (non-hydrogen) atoms. The van der Waals surface area contributed by atoms with Crippen LogP contribution in [0, 0.1) is 5.92 Å². The molecule has 0 aromatic heterocycles. The van der Waals surface area contributed by atoms with Gasteiger partial charge in [-0.25, -0.2) is 0 Å². The number of rotatable bonds is 12. The van der Waals surface area contributed by atoms with Gasteiger partial charge < -0.3 is 25.1 Å². The van der Waals surface area contributed by atoms with E-state index < -0.39 is 12.0 Å². The molecule has 3 atom stereocenters. The number of unbranched alkanes of at least 4 members (excludes halogenated alkanes) is 2. The predicted molar refractivity (Wildman–Crippen MR) is 140 cm³/mol. The number of hydrogen-bond acceptors (Lipinski definition) is 5. The number of likely N-dealkylation sites (N-methyl/N-ethyl adjacent to an activating group) is 1. The van der Waals surface area contributed by atoms with Crippen LogP contribution in [0.15, 0.2) is 30.3 Å². The number of nitrogens with one attached hydrogen (secondary N) is 1. The molecule has 0 spiro atoms. The number of nitrogens with zero attached hydrogens (tertiary/aromatic N) is 3. The summed E-state index contributed by atoms with van der Waals surface area (Å²) in [6.07, 6.45) is 5.73. The van der Waals surface area contributed by atoms with E-state index in [0.29, 0.717) is 32.5 Å². The molecule has 2 aliphatic heterocycles. The third-order valence-electron chi connectivity index (χ3n) is 7.57. The summed E-state index contributed by atoms with van der Waals surface area (Å²) < 4.78 is 0. The second-order valence-corrected chi connectivity index (χ2v) is 10.3. The van der Waals surface area contributed by atoms with Crippen LogP contribution in [0.3, 0.4) is 0 Å². The van der Waals surface area contributed by atoms with E-state index in [4.69, 9.17) is 0 Å². The molecule has 1 aromatic rings. The fourth-order valence-corrected chi connectivity index (χ4v) is 5.22. The Morgan fingerprint density at radius 3 is 2.44 bits per heavy atom. The Hall–Kier alpha value is -2.45. The molecule has 1 aromatic carbocycles. The van der Waals surface area contributed by atoms with Crippen LogP contribution in [0.1, 0.15) is 57.4 Å². The Kier molecular flexibility index (Phi) is 11.2. The normalized spacial score (nSPS) is 20.2. The van der Waals surface area contributed by atoms with Gasteiger partial charge in [-0.3, -0.25) is 14.4 Å². The third kappa shape index (κ3) is 8.03. The average Bonchev–Trinajstić information content (AvgIpc) is 3.37. The van der Waals surface area contributed by atoms with Gasteiger partial charge in [0.15, 0.2) is 0 Å². The smallest absolute Gasteiger partial charge is 0.245 e. The molecular formula is C28H44N4O4. The molecule has 0 aliphatic carbocycles. The van der Waals surface area contributed by atoms with Gasteiger partial charge >= 0.3 is 0 Å². The van der Waals surface area contributed by atoms with Crippen molar-refractivity contribution in [1.29, 1.82) is 0 Å². The van der Waals surface area contributed by atoms with Crippen molar-refractivity contribution in [3.8, 4) is 0 Å². The molecule has 0 radical (unpaired) electrons. The molecule has 0 bridgehead atoms. The van der Waals surface area contributed by atoms with Crippen molar-refractivity contribution in [3.05, 3.63) is 35.9 Å². The summed E-state index contributed by atoms with van der Waals surface area (Å²) in [7, 11) is 2.05. The molecule has 3 amide bonds. The van der Waals surface area contributed by atoms with Crippen LogP contribution in [0.5, 0.6) is 0 Å². The van der Waals surface area contributed by atoms with E-state index in [0.717, 1.165) is 50.8 Å². The zero-order valence-electron chi connectivity index (χ0n) is 22.0. The lowest BCUT2D eigenvalue weighted by Gasteiger charge is -2.33. The molecule has 2 N–H and O–H groups in total. The first-order valence-corrected chi connectivity index (χ1v) is 13.6. The zero-order chi connectivity index (χ0) is 25.9. The Labute approximate surface area is 216 Å². The molecule has 8 nitrogen and oxygen atoms in total. The number of carbonyl (C=O) groups is 3. The number of aliphatic hydroxyl groups excluding tert-OH is 1. The van der Waals surface area contributed by atoms with E-state index in [2.05, 4.69) is 24.2 Å². The number of aliphatic hydroxyl groups is 1. The van der Waals surface area contributed by atoms with Crippen molar-refractivity contribution < 1.29 is 19.5 Å². The lowest BCUT2D eigenvalue weighted by atomic mass is 9.94. The number of piperazine rings is 1. The minimum absolute atomic E-state index is 0.0190. The monoisotopic (exact) mass is 500 g/mol. The lowest BCUT2D eigenvalue weighted by Crippen LogP contribution is -2.53. The number of hydrogen-bond donors (Lipinski definition) is 2. The van der Waals surface area contributed by atoms with E-state index in [1.54, 1.807) is 4.90 Å². The number of benzene rings is 1. The minimum atomic E-state index is -0.723. The van der Waals surface area contributed by atoms with E-state index in [1.807, 2.05) is 35.2 Å². The standard InChI is InChI=1S/C28H44N4O4/c1-3-4-6-12-23(20-26(34)31-17-15-30(2)16-18-31)27(35)29-25(19-22-10-7-5-8-11-22)28(36)32-14-9-13-24(32)21-33/h5,7-8,10-11,23-25,33H,3-4,6,9,12-21H2,1-2H3,(H,29,35). The highest BCUT2D eigenvalue weighted by Gasteiger charge is 2.35. The van der Waals surface area contributed by atoms with Crippen molar-refractivity contribution in [2.75, 3.05) is 46.4 Å². The minimum Gasteiger partial charge on any atom is -0.394 e. The molecule has 2 heterocycles. The van der Waals surface area contributed by atoms with Crippen LogP contribution in [0.25, 0.3) is 0 Å². The Bertz CT molecular complexity index is 841. The van der Waals surface area contributed by atoms with Crippen molar-refractivity contribution >= 4 is 17.7 Å². The molecule has 2 fully saturated rings. The first-order valence-electron chi connectivity index (χ1n) is 13.6. The van der Waals surface area contributed by atoms with Crippen molar-refractivity contribution in [1.82, 2.24) is 20.0 Å². The second kappa shape index (κ2) is 14.3. The first-order chi connectivity index (χ1) is 17.4. The van der Waals surface area contributed by atoms with Crippen molar-refractivity contribution in [3.63, 3.8) is 0 Å². The molecule has 3 rings (SSSR count). The van der Waals surface area contributed by atoms with Crippen molar-refractivity contribution in [2.45, 2.75) is 70.4 Å². The summed E-state index contributed by atoms with van der Waals surface area (Å²) >= 11 is 0. The maximum absolute atomic E-state index is 13.6. The van der Waals surface area contributed by atoms with Gasteiger partial charge in [0.2, 0.25) is 17.7 Å². The SMILES string of the molecule is CCCCCC(CC(=O)N1CCN(C)CC1)C(=O)NC(Cc1ccccc1)C(=O)N1CCCC1CO. The van der Waals surface area contributed by atoms with Gasteiger partial charge in [0.1, 0.15) is 6.04 Å². The Morgan fingerprint density at radius 2 is 1.78 bits per heavy atom. The van der Waals surface area contributed by atoms with Crippen LogP contribution in [-0.2, 0) is 20.8 Å².